The predicted octanol–water partition coefficient (Wildman–Crippen LogP) is 3.48. The van der Waals surface area contributed by atoms with Crippen LogP contribution in [0.5, 0.6) is 0 Å². The van der Waals surface area contributed by atoms with E-state index in [2.05, 4.69) is 26.1 Å². The molecule has 4 rings (SSSR count). The Balaban J connectivity index is 1.47. The molecule has 1 aromatic rings. The molecule has 0 aromatic heterocycles. The molecular formula is C29H39N3O4. The number of likely N-dealkylation sites (tertiary alicyclic amines) is 2. The third-order valence-electron chi connectivity index (χ3n) is 7.67. The summed E-state index contributed by atoms with van der Waals surface area (Å²) in [6, 6.07) is 5.86. The van der Waals surface area contributed by atoms with Crippen molar-refractivity contribution in [2.75, 3.05) is 13.1 Å². The quantitative estimate of drug-likeness (QED) is 0.615. The Morgan fingerprint density at radius 1 is 1.03 bits per heavy atom. The maximum Gasteiger partial charge on any atom is 0.251 e. The summed E-state index contributed by atoms with van der Waals surface area (Å²) in [6.45, 7) is 10.8. The van der Waals surface area contributed by atoms with Crippen molar-refractivity contribution < 1.29 is 19.2 Å². The maximum absolute atomic E-state index is 13.7. The summed E-state index contributed by atoms with van der Waals surface area (Å²) < 4.78 is 0. The molecule has 1 aromatic carbocycles. The number of rotatable bonds is 6. The van der Waals surface area contributed by atoms with E-state index in [-0.39, 0.29) is 53.3 Å². The number of benzene rings is 1. The molecular weight excluding hydrogens is 454 g/mol. The van der Waals surface area contributed by atoms with Gasteiger partial charge in [0.1, 0.15) is 12.1 Å². The molecule has 0 saturated carbocycles. The number of fused-ring (bicyclic) bond motifs is 1. The zero-order valence-corrected chi connectivity index (χ0v) is 22.1. The van der Waals surface area contributed by atoms with E-state index in [9.17, 15) is 19.2 Å². The lowest BCUT2D eigenvalue weighted by Gasteiger charge is -2.29. The zero-order valence-electron chi connectivity index (χ0n) is 22.1. The van der Waals surface area contributed by atoms with Crippen LogP contribution in [0.15, 0.2) is 36.4 Å². The van der Waals surface area contributed by atoms with Gasteiger partial charge in [-0.2, -0.15) is 0 Å². The monoisotopic (exact) mass is 493 g/mol. The normalized spacial score (nSPS) is 22.9. The van der Waals surface area contributed by atoms with Gasteiger partial charge in [-0.15, -0.1) is 0 Å². The largest absolute Gasteiger partial charge is 0.340 e. The highest BCUT2D eigenvalue weighted by Gasteiger charge is 2.52. The second kappa shape index (κ2) is 10.2. The molecule has 2 heterocycles. The van der Waals surface area contributed by atoms with E-state index in [1.54, 1.807) is 21.9 Å². The van der Waals surface area contributed by atoms with Gasteiger partial charge >= 0.3 is 0 Å². The van der Waals surface area contributed by atoms with Gasteiger partial charge in [-0.05, 0) is 54.7 Å². The lowest BCUT2D eigenvalue weighted by molar-refractivity contribution is -0.138. The highest BCUT2D eigenvalue weighted by atomic mass is 16.2. The summed E-state index contributed by atoms with van der Waals surface area (Å²) in [7, 11) is 0. The summed E-state index contributed by atoms with van der Waals surface area (Å²) >= 11 is 0. The van der Waals surface area contributed by atoms with Gasteiger partial charge in [0.15, 0.2) is 5.78 Å². The van der Waals surface area contributed by atoms with Crippen LogP contribution in [0.3, 0.4) is 0 Å². The Kier molecular flexibility index (Phi) is 7.39. The van der Waals surface area contributed by atoms with Crippen LogP contribution in [-0.4, -0.2) is 64.5 Å². The third kappa shape index (κ3) is 5.25. The number of carbonyl (C=O) groups excluding carboxylic acids is 4. The number of nitrogens with zero attached hydrogens (tertiary/aromatic N) is 2. The van der Waals surface area contributed by atoms with Crippen molar-refractivity contribution >= 4 is 23.5 Å². The lowest BCUT2D eigenvalue weighted by atomic mass is 9.86. The first-order valence-electron chi connectivity index (χ1n) is 13.2. The molecule has 7 nitrogen and oxygen atoms in total. The molecule has 0 bridgehead atoms. The molecule has 7 heteroatoms. The van der Waals surface area contributed by atoms with Gasteiger partial charge in [-0.1, -0.05) is 58.9 Å². The number of carbonyl (C=O) groups is 4. The molecule has 2 fully saturated rings. The van der Waals surface area contributed by atoms with Crippen molar-refractivity contribution in [3.8, 4) is 0 Å². The highest BCUT2D eigenvalue weighted by Crippen LogP contribution is 2.33. The average molecular weight is 494 g/mol. The second-order valence-electron chi connectivity index (χ2n) is 11.9. The molecule has 0 spiro atoms. The summed E-state index contributed by atoms with van der Waals surface area (Å²) in [6.07, 6.45) is 6.51. The van der Waals surface area contributed by atoms with Gasteiger partial charge in [0.25, 0.3) is 5.91 Å². The molecule has 2 aliphatic heterocycles. The van der Waals surface area contributed by atoms with Gasteiger partial charge in [-0.3, -0.25) is 19.2 Å². The van der Waals surface area contributed by atoms with Crippen LogP contribution >= 0.6 is 0 Å². The Morgan fingerprint density at radius 2 is 1.67 bits per heavy atom. The molecule has 0 radical (unpaired) electrons. The number of hydrogen-bond acceptors (Lipinski definition) is 4. The van der Waals surface area contributed by atoms with Crippen LogP contribution < -0.4 is 5.32 Å². The molecule has 2 saturated heterocycles. The van der Waals surface area contributed by atoms with E-state index in [0.717, 1.165) is 5.56 Å². The molecule has 1 N–H and O–H groups in total. The van der Waals surface area contributed by atoms with Crippen LogP contribution in [0, 0.1) is 11.8 Å². The number of Topliss-reactive ketones (excluding diaryl/α,β-unsaturated/α-hetero) is 1. The zero-order chi connectivity index (χ0) is 26.2. The SMILES string of the molecule is CC(C)CC(NC(=O)c1ccc(C(C)(C)C)cc1)C(=O)N1CCC2C1C(=O)CN2C(=O)C1CC=CC1. The van der Waals surface area contributed by atoms with Crippen molar-refractivity contribution in [2.45, 2.75) is 83.8 Å². The molecule has 1 aliphatic carbocycles. The predicted molar refractivity (Wildman–Crippen MR) is 138 cm³/mol. The minimum atomic E-state index is -0.727. The van der Waals surface area contributed by atoms with E-state index in [1.807, 2.05) is 38.1 Å². The maximum atomic E-state index is 13.7. The first kappa shape index (κ1) is 26.1. The highest BCUT2D eigenvalue weighted by molar-refractivity contribution is 6.01. The van der Waals surface area contributed by atoms with Crippen LogP contribution in [0.4, 0.5) is 0 Å². The Bertz CT molecular complexity index is 1050. The van der Waals surface area contributed by atoms with Gasteiger partial charge in [0.2, 0.25) is 11.8 Å². The van der Waals surface area contributed by atoms with E-state index in [1.165, 1.54) is 0 Å². The van der Waals surface area contributed by atoms with Crippen molar-refractivity contribution in [3.05, 3.63) is 47.5 Å². The van der Waals surface area contributed by atoms with Gasteiger partial charge in [-0.25, -0.2) is 0 Å². The summed E-state index contributed by atoms with van der Waals surface area (Å²) in [5, 5.41) is 2.94. The smallest absolute Gasteiger partial charge is 0.251 e. The molecule has 3 atom stereocenters. The lowest BCUT2D eigenvalue weighted by Crippen LogP contribution is -2.53. The molecule has 3 aliphatic rings. The molecule has 194 valence electrons. The first-order chi connectivity index (χ1) is 17.0. The Hall–Kier alpha value is -2.96. The van der Waals surface area contributed by atoms with E-state index < -0.39 is 12.1 Å². The van der Waals surface area contributed by atoms with E-state index in [0.29, 0.717) is 37.8 Å². The summed E-state index contributed by atoms with van der Waals surface area (Å²) in [5.41, 5.74) is 1.61. The molecule has 3 unspecified atom stereocenters. The first-order valence-corrected chi connectivity index (χ1v) is 13.2. The fraction of sp³-hybridized carbons (Fsp3) is 0.586. The Labute approximate surface area is 214 Å². The fourth-order valence-electron chi connectivity index (χ4n) is 5.67. The molecule has 36 heavy (non-hydrogen) atoms. The third-order valence-corrected chi connectivity index (χ3v) is 7.67. The minimum Gasteiger partial charge on any atom is -0.340 e. The van der Waals surface area contributed by atoms with Crippen LogP contribution in [0.1, 0.15) is 76.2 Å². The fourth-order valence-corrected chi connectivity index (χ4v) is 5.67. The minimum absolute atomic E-state index is 0.0147. The second-order valence-corrected chi connectivity index (χ2v) is 11.9. The van der Waals surface area contributed by atoms with Crippen LogP contribution in [0.2, 0.25) is 0 Å². The number of allylic oxidation sites excluding steroid dienone is 2. The van der Waals surface area contributed by atoms with Crippen LogP contribution in [0.25, 0.3) is 0 Å². The van der Waals surface area contributed by atoms with Crippen molar-refractivity contribution in [3.63, 3.8) is 0 Å². The number of nitrogens with one attached hydrogen (secondary N) is 1. The van der Waals surface area contributed by atoms with E-state index >= 15 is 0 Å². The van der Waals surface area contributed by atoms with Crippen molar-refractivity contribution in [1.29, 1.82) is 0 Å². The van der Waals surface area contributed by atoms with Gasteiger partial charge in [0.05, 0.1) is 12.6 Å². The van der Waals surface area contributed by atoms with Crippen molar-refractivity contribution in [2.24, 2.45) is 11.8 Å². The average Bonchev–Trinajstić information content (AvgIpc) is 3.56. The van der Waals surface area contributed by atoms with Crippen molar-refractivity contribution in [1.82, 2.24) is 15.1 Å². The van der Waals surface area contributed by atoms with Gasteiger partial charge < -0.3 is 15.1 Å². The number of hydrogen-bond donors (Lipinski definition) is 1. The summed E-state index contributed by atoms with van der Waals surface area (Å²) in [4.78, 5) is 56.2. The standard InChI is InChI=1S/C29H39N3O4/c1-18(2)16-22(30-26(34)19-10-12-21(13-11-19)29(3,4)5)28(36)31-15-14-23-25(31)24(33)17-32(23)27(35)20-8-6-7-9-20/h6-7,10-13,18,20,22-23,25H,8-9,14-17H2,1-5H3,(H,30,34). The topological polar surface area (TPSA) is 86.8 Å². The number of amides is 3. The molecule has 3 amide bonds. The Morgan fingerprint density at radius 3 is 2.25 bits per heavy atom. The van der Waals surface area contributed by atoms with E-state index in [4.69, 9.17) is 0 Å². The van der Waals surface area contributed by atoms with Gasteiger partial charge in [0, 0.05) is 18.0 Å². The number of ketones is 1. The summed E-state index contributed by atoms with van der Waals surface area (Å²) in [5.74, 6) is -0.528. The van der Waals surface area contributed by atoms with Crippen LogP contribution in [-0.2, 0) is 19.8 Å².